The number of para-hydroxylation sites is 1. The minimum Gasteiger partial charge on any atom is -0.478 e. The molecule has 0 radical (unpaired) electrons. The first-order chi connectivity index (χ1) is 9.81. The SMILES string of the molecule is Cc1cccc(C)c1NS(=O)(=O)c1ccc(C(=O)O)cc1. The Morgan fingerprint density at radius 2 is 1.52 bits per heavy atom. The van der Waals surface area contributed by atoms with Gasteiger partial charge in [-0.05, 0) is 49.2 Å². The highest BCUT2D eigenvalue weighted by Crippen LogP contribution is 2.23. The van der Waals surface area contributed by atoms with Gasteiger partial charge in [-0.1, -0.05) is 18.2 Å². The van der Waals surface area contributed by atoms with E-state index in [4.69, 9.17) is 5.11 Å². The second kappa shape index (κ2) is 5.57. The highest BCUT2D eigenvalue weighted by molar-refractivity contribution is 7.92. The van der Waals surface area contributed by atoms with Gasteiger partial charge in [0, 0.05) is 0 Å². The molecule has 0 unspecified atom stereocenters. The van der Waals surface area contributed by atoms with Crippen LogP contribution >= 0.6 is 0 Å². The van der Waals surface area contributed by atoms with Gasteiger partial charge in [0.2, 0.25) is 0 Å². The predicted octanol–water partition coefficient (Wildman–Crippen LogP) is 2.80. The van der Waals surface area contributed by atoms with Crippen molar-refractivity contribution in [2.45, 2.75) is 18.7 Å². The van der Waals surface area contributed by atoms with Crippen LogP contribution in [0.1, 0.15) is 21.5 Å². The predicted molar refractivity (Wildman–Crippen MR) is 80.1 cm³/mol. The first kappa shape index (κ1) is 15.1. The molecule has 0 aliphatic carbocycles. The average molecular weight is 305 g/mol. The second-order valence-electron chi connectivity index (χ2n) is 4.70. The number of hydrogen-bond acceptors (Lipinski definition) is 3. The number of anilines is 1. The number of carboxylic acids is 1. The molecule has 0 fully saturated rings. The highest BCUT2D eigenvalue weighted by atomic mass is 32.2. The van der Waals surface area contributed by atoms with Gasteiger partial charge >= 0.3 is 5.97 Å². The monoisotopic (exact) mass is 305 g/mol. The molecular formula is C15H15NO4S. The maximum atomic E-state index is 12.3. The molecule has 0 aliphatic rings. The number of nitrogens with one attached hydrogen (secondary N) is 1. The van der Waals surface area contributed by atoms with Crippen LogP contribution in [0.5, 0.6) is 0 Å². The molecule has 0 amide bonds. The average Bonchev–Trinajstić information content (AvgIpc) is 2.43. The largest absolute Gasteiger partial charge is 0.478 e. The van der Waals surface area contributed by atoms with Gasteiger partial charge in [-0.25, -0.2) is 13.2 Å². The Balaban J connectivity index is 2.36. The molecule has 110 valence electrons. The fourth-order valence-corrected chi connectivity index (χ4v) is 3.15. The van der Waals surface area contributed by atoms with Crippen molar-refractivity contribution in [3.05, 3.63) is 59.2 Å². The lowest BCUT2D eigenvalue weighted by molar-refractivity contribution is 0.0696. The lowest BCUT2D eigenvalue weighted by Crippen LogP contribution is -2.14. The molecule has 0 saturated heterocycles. The number of rotatable bonds is 4. The number of sulfonamides is 1. The number of aryl methyl sites for hydroxylation is 2. The summed E-state index contributed by atoms with van der Waals surface area (Å²) in [6, 6.07) is 10.6. The zero-order valence-corrected chi connectivity index (χ0v) is 12.4. The van der Waals surface area contributed by atoms with Crippen molar-refractivity contribution >= 4 is 21.7 Å². The van der Waals surface area contributed by atoms with E-state index in [2.05, 4.69) is 4.72 Å². The smallest absolute Gasteiger partial charge is 0.335 e. The van der Waals surface area contributed by atoms with Crippen molar-refractivity contribution in [1.29, 1.82) is 0 Å². The quantitative estimate of drug-likeness (QED) is 0.909. The Morgan fingerprint density at radius 3 is 2.00 bits per heavy atom. The third kappa shape index (κ3) is 3.22. The summed E-state index contributed by atoms with van der Waals surface area (Å²) in [6.45, 7) is 3.64. The summed E-state index contributed by atoms with van der Waals surface area (Å²) in [7, 11) is -3.74. The normalized spacial score (nSPS) is 11.1. The van der Waals surface area contributed by atoms with Crippen LogP contribution in [0.15, 0.2) is 47.4 Å². The van der Waals surface area contributed by atoms with Gasteiger partial charge in [0.1, 0.15) is 0 Å². The summed E-state index contributed by atoms with van der Waals surface area (Å²) in [5.74, 6) is -1.10. The lowest BCUT2D eigenvalue weighted by atomic mass is 10.1. The standard InChI is InChI=1S/C15H15NO4S/c1-10-4-3-5-11(2)14(10)16-21(19,20)13-8-6-12(7-9-13)15(17)18/h3-9,16H,1-2H3,(H,17,18). The summed E-state index contributed by atoms with van der Waals surface area (Å²) in [5, 5.41) is 8.82. The van der Waals surface area contributed by atoms with Crippen molar-refractivity contribution in [2.24, 2.45) is 0 Å². The molecule has 2 aromatic rings. The van der Waals surface area contributed by atoms with Gasteiger partial charge < -0.3 is 5.11 Å². The van der Waals surface area contributed by atoms with Gasteiger partial charge in [-0.2, -0.15) is 0 Å². The summed E-state index contributed by atoms with van der Waals surface area (Å²) in [5.41, 5.74) is 2.22. The Kier molecular flexibility index (Phi) is 3.99. The van der Waals surface area contributed by atoms with Crippen molar-refractivity contribution in [3.8, 4) is 0 Å². The van der Waals surface area contributed by atoms with E-state index < -0.39 is 16.0 Å². The number of aromatic carboxylic acids is 1. The highest BCUT2D eigenvalue weighted by Gasteiger charge is 2.17. The molecule has 21 heavy (non-hydrogen) atoms. The third-order valence-electron chi connectivity index (χ3n) is 3.13. The van der Waals surface area contributed by atoms with Gasteiger partial charge in [-0.3, -0.25) is 4.72 Å². The van der Waals surface area contributed by atoms with E-state index in [1.807, 2.05) is 32.0 Å². The summed E-state index contributed by atoms with van der Waals surface area (Å²) in [6.07, 6.45) is 0. The molecule has 0 saturated carbocycles. The molecule has 2 aromatic carbocycles. The Morgan fingerprint density at radius 1 is 1.00 bits per heavy atom. The summed E-state index contributed by atoms with van der Waals surface area (Å²) in [4.78, 5) is 10.8. The van der Waals surface area contributed by atoms with E-state index >= 15 is 0 Å². The zero-order chi connectivity index (χ0) is 15.6. The van der Waals surface area contributed by atoms with Crippen LogP contribution in [0.2, 0.25) is 0 Å². The second-order valence-corrected chi connectivity index (χ2v) is 6.38. The maximum Gasteiger partial charge on any atom is 0.335 e. The molecule has 0 aliphatic heterocycles. The molecule has 0 heterocycles. The molecule has 0 aromatic heterocycles. The van der Waals surface area contributed by atoms with Crippen LogP contribution in [0.3, 0.4) is 0 Å². The van der Waals surface area contributed by atoms with E-state index in [9.17, 15) is 13.2 Å². The first-order valence-electron chi connectivity index (χ1n) is 6.23. The van der Waals surface area contributed by atoms with Crippen LogP contribution in [-0.2, 0) is 10.0 Å². The first-order valence-corrected chi connectivity index (χ1v) is 7.72. The summed E-state index contributed by atoms with van der Waals surface area (Å²) < 4.78 is 27.2. The van der Waals surface area contributed by atoms with Gasteiger partial charge in [0.25, 0.3) is 10.0 Å². The van der Waals surface area contributed by atoms with E-state index in [0.717, 1.165) is 11.1 Å². The Bertz CT molecular complexity index is 760. The number of benzene rings is 2. The Labute approximate surface area is 123 Å². The van der Waals surface area contributed by atoms with Crippen molar-refractivity contribution in [3.63, 3.8) is 0 Å². The Hall–Kier alpha value is -2.34. The minimum atomic E-state index is -3.74. The number of carboxylic acid groups (broad SMARTS) is 1. The van der Waals surface area contributed by atoms with Crippen LogP contribution in [0, 0.1) is 13.8 Å². The third-order valence-corrected chi connectivity index (χ3v) is 4.49. The van der Waals surface area contributed by atoms with Crippen LogP contribution in [0.4, 0.5) is 5.69 Å². The van der Waals surface area contributed by atoms with E-state index in [-0.39, 0.29) is 10.5 Å². The van der Waals surface area contributed by atoms with Crippen molar-refractivity contribution < 1.29 is 18.3 Å². The van der Waals surface area contributed by atoms with Crippen LogP contribution < -0.4 is 4.72 Å². The van der Waals surface area contributed by atoms with Crippen LogP contribution in [-0.4, -0.2) is 19.5 Å². The number of carbonyl (C=O) groups is 1. The van der Waals surface area contributed by atoms with E-state index in [1.54, 1.807) is 0 Å². The minimum absolute atomic E-state index is 0.0233. The van der Waals surface area contributed by atoms with Gasteiger partial charge in [-0.15, -0.1) is 0 Å². The van der Waals surface area contributed by atoms with Crippen LogP contribution in [0.25, 0.3) is 0 Å². The fourth-order valence-electron chi connectivity index (χ4n) is 1.95. The zero-order valence-electron chi connectivity index (χ0n) is 11.6. The fraction of sp³-hybridized carbons (Fsp3) is 0.133. The topological polar surface area (TPSA) is 83.5 Å². The van der Waals surface area contributed by atoms with Gasteiger partial charge in [0.15, 0.2) is 0 Å². The van der Waals surface area contributed by atoms with Crippen molar-refractivity contribution in [2.75, 3.05) is 4.72 Å². The number of hydrogen-bond donors (Lipinski definition) is 2. The van der Waals surface area contributed by atoms with E-state index in [0.29, 0.717) is 5.69 Å². The van der Waals surface area contributed by atoms with Crippen molar-refractivity contribution in [1.82, 2.24) is 0 Å². The summed E-state index contributed by atoms with van der Waals surface area (Å²) >= 11 is 0. The molecule has 2 rings (SSSR count). The molecular weight excluding hydrogens is 290 g/mol. The molecule has 0 atom stereocenters. The molecule has 0 spiro atoms. The molecule has 2 N–H and O–H groups in total. The maximum absolute atomic E-state index is 12.3. The van der Waals surface area contributed by atoms with E-state index in [1.165, 1.54) is 24.3 Å². The molecule has 0 bridgehead atoms. The molecule has 6 heteroatoms. The molecule has 5 nitrogen and oxygen atoms in total. The lowest BCUT2D eigenvalue weighted by Gasteiger charge is -2.13. The van der Waals surface area contributed by atoms with Gasteiger partial charge in [0.05, 0.1) is 16.1 Å².